The molecule has 1 saturated carbocycles. The lowest BCUT2D eigenvalue weighted by Crippen LogP contribution is -2.50. The second kappa shape index (κ2) is 6.71. The summed E-state index contributed by atoms with van der Waals surface area (Å²) in [6.07, 6.45) is 9.05. The molecule has 0 unspecified atom stereocenters. The first-order valence-electron chi connectivity index (χ1n) is 8.58. The normalized spacial score (nSPS) is 22.3. The van der Waals surface area contributed by atoms with E-state index in [2.05, 4.69) is 23.1 Å². The molecule has 1 heterocycles. The van der Waals surface area contributed by atoms with Crippen molar-refractivity contribution in [3.8, 4) is 6.07 Å². The number of hydrogen-bond acceptors (Lipinski definition) is 3. The molecule has 0 N–H and O–H groups in total. The highest BCUT2D eigenvalue weighted by atomic mass is 16.5. The van der Waals surface area contributed by atoms with Crippen molar-refractivity contribution < 1.29 is 4.74 Å². The van der Waals surface area contributed by atoms with Crippen LogP contribution in [0.5, 0.6) is 0 Å². The number of anilines is 1. The van der Waals surface area contributed by atoms with Crippen LogP contribution in [0.15, 0.2) is 24.3 Å². The van der Waals surface area contributed by atoms with Gasteiger partial charge < -0.3 is 9.64 Å². The summed E-state index contributed by atoms with van der Waals surface area (Å²) >= 11 is 0. The van der Waals surface area contributed by atoms with Crippen LogP contribution in [0.4, 0.5) is 5.69 Å². The Balaban J connectivity index is 1.66. The number of nitriles is 1. The third-order valence-corrected chi connectivity index (χ3v) is 5.73. The molecule has 1 aliphatic carbocycles. The maximum Gasteiger partial charge on any atom is 0.0991 e. The average molecular weight is 298 g/mol. The zero-order valence-corrected chi connectivity index (χ0v) is 13.6. The molecule has 1 aromatic carbocycles. The van der Waals surface area contributed by atoms with Gasteiger partial charge >= 0.3 is 0 Å². The van der Waals surface area contributed by atoms with Gasteiger partial charge in [0, 0.05) is 25.9 Å². The van der Waals surface area contributed by atoms with E-state index in [9.17, 15) is 0 Å². The summed E-state index contributed by atoms with van der Waals surface area (Å²) in [5.74, 6) is 0.745. The molecule has 0 radical (unpaired) electrons. The van der Waals surface area contributed by atoms with E-state index in [1.807, 2.05) is 19.2 Å². The number of hydrogen-bond donors (Lipinski definition) is 0. The summed E-state index contributed by atoms with van der Waals surface area (Å²) in [6, 6.07) is 10.1. The van der Waals surface area contributed by atoms with E-state index < -0.39 is 0 Å². The van der Waals surface area contributed by atoms with Gasteiger partial charge in [0.25, 0.3) is 0 Å². The predicted octanol–water partition coefficient (Wildman–Crippen LogP) is 4.12. The Labute approximate surface area is 133 Å². The summed E-state index contributed by atoms with van der Waals surface area (Å²) in [6.45, 7) is 2.10. The zero-order valence-electron chi connectivity index (χ0n) is 13.6. The van der Waals surface area contributed by atoms with Crippen LogP contribution in [-0.2, 0) is 4.74 Å². The van der Waals surface area contributed by atoms with Gasteiger partial charge in [-0.3, -0.25) is 0 Å². The van der Waals surface area contributed by atoms with Crippen LogP contribution in [0.25, 0.3) is 0 Å². The Hall–Kier alpha value is -1.53. The second-order valence-electron chi connectivity index (χ2n) is 6.75. The first-order chi connectivity index (χ1) is 10.8. The fourth-order valence-electron chi connectivity index (χ4n) is 4.30. The Kier molecular flexibility index (Phi) is 4.69. The standard InChI is InChI=1S/C19H26N2O/c1-22-19(17-5-3-2-4-6-17)11-13-21(14-12-19)18-9-7-16(15-20)8-10-18/h7-10,17H,2-6,11-14H2,1H3. The topological polar surface area (TPSA) is 36.3 Å². The number of nitrogens with zero attached hydrogens (tertiary/aromatic N) is 2. The van der Waals surface area contributed by atoms with Crippen molar-refractivity contribution in [3.05, 3.63) is 29.8 Å². The lowest BCUT2D eigenvalue weighted by atomic mass is 9.72. The summed E-state index contributed by atoms with van der Waals surface area (Å²) in [5, 5.41) is 8.90. The first-order valence-corrected chi connectivity index (χ1v) is 8.58. The largest absolute Gasteiger partial charge is 0.378 e. The molecule has 1 aromatic rings. The van der Waals surface area contributed by atoms with Crippen LogP contribution < -0.4 is 4.90 Å². The van der Waals surface area contributed by atoms with Gasteiger partial charge in [-0.2, -0.15) is 5.26 Å². The molecule has 118 valence electrons. The minimum absolute atomic E-state index is 0.101. The van der Waals surface area contributed by atoms with Gasteiger partial charge in [-0.1, -0.05) is 19.3 Å². The number of methoxy groups -OCH3 is 1. The molecule has 2 fully saturated rings. The molecular formula is C19H26N2O. The molecule has 0 amide bonds. The fourth-order valence-corrected chi connectivity index (χ4v) is 4.30. The molecule has 0 atom stereocenters. The van der Waals surface area contributed by atoms with Gasteiger partial charge in [0.05, 0.1) is 17.2 Å². The Morgan fingerprint density at radius 2 is 1.73 bits per heavy atom. The van der Waals surface area contributed by atoms with Gasteiger partial charge in [0.15, 0.2) is 0 Å². The van der Waals surface area contributed by atoms with E-state index in [1.165, 1.54) is 37.8 Å². The Morgan fingerprint density at radius 1 is 1.09 bits per heavy atom. The lowest BCUT2D eigenvalue weighted by molar-refractivity contribution is -0.0856. The molecule has 3 nitrogen and oxygen atoms in total. The van der Waals surface area contributed by atoms with Crippen molar-refractivity contribution in [3.63, 3.8) is 0 Å². The van der Waals surface area contributed by atoms with E-state index in [4.69, 9.17) is 10.00 Å². The summed E-state index contributed by atoms with van der Waals surface area (Å²) in [7, 11) is 1.91. The number of rotatable bonds is 3. The van der Waals surface area contributed by atoms with Crippen molar-refractivity contribution in [1.29, 1.82) is 5.26 Å². The monoisotopic (exact) mass is 298 g/mol. The van der Waals surface area contributed by atoms with Gasteiger partial charge in [-0.15, -0.1) is 0 Å². The molecule has 3 heteroatoms. The molecule has 1 saturated heterocycles. The van der Waals surface area contributed by atoms with Crippen LogP contribution >= 0.6 is 0 Å². The fraction of sp³-hybridized carbons (Fsp3) is 0.632. The van der Waals surface area contributed by atoms with Crippen LogP contribution in [0.1, 0.15) is 50.5 Å². The highest BCUT2D eigenvalue weighted by Gasteiger charge is 2.41. The second-order valence-corrected chi connectivity index (χ2v) is 6.75. The van der Waals surface area contributed by atoms with Gasteiger partial charge in [0.2, 0.25) is 0 Å². The zero-order chi connectivity index (χ0) is 15.4. The van der Waals surface area contributed by atoms with E-state index in [1.54, 1.807) is 0 Å². The van der Waals surface area contributed by atoms with Gasteiger partial charge in [-0.25, -0.2) is 0 Å². The van der Waals surface area contributed by atoms with E-state index in [-0.39, 0.29) is 5.60 Å². The highest BCUT2D eigenvalue weighted by Crippen LogP contribution is 2.41. The van der Waals surface area contributed by atoms with Gasteiger partial charge in [-0.05, 0) is 55.9 Å². The lowest BCUT2D eigenvalue weighted by Gasteiger charge is -2.47. The SMILES string of the molecule is COC1(C2CCCCC2)CCN(c2ccc(C#N)cc2)CC1. The molecule has 2 aliphatic rings. The Morgan fingerprint density at radius 3 is 2.27 bits per heavy atom. The van der Waals surface area contributed by atoms with E-state index in [0.29, 0.717) is 0 Å². The maximum absolute atomic E-state index is 8.90. The third-order valence-electron chi connectivity index (χ3n) is 5.73. The molecule has 0 spiro atoms. The third kappa shape index (κ3) is 2.98. The molecule has 22 heavy (non-hydrogen) atoms. The molecule has 1 aliphatic heterocycles. The van der Waals surface area contributed by atoms with Crippen LogP contribution in [-0.4, -0.2) is 25.8 Å². The first kappa shape index (κ1) is 15.4. The minimum atomic E-state index is 0.101. The Bertz CT molecular complexity index is 517. The van der Waals surface area contributed by atoms with E-state index in [0.717, 1.165) is 37.4 Å². The van der Waals surface area contributed by atoms with Crippen LogP contribution in [0, 0.1) is 17.2 Å². The van der Waals surface area contributed by atoms with Crippen LogP contribution in [0.2, 0.25) is 0 Å². The van der Waals surface area contributed by atoms with Crippen molar-refractivity contribution >= 4 is 5.69 Å². The van der Waals surface area contributed by atoms with Crippen LogP contribution in [0.3, 0.4) is 0 Å². The highest BCUT2D eigenvalue weighted by molar-refractivity contribution is 5.50. The van der Waals surface area contributed by atoms with Crippen molar-refractivity contribution in [2.45, 2.75) is 50.5 Å². The van der Waals surface area contributed by atoms with E-state index >= 15 is 0 Å². The molecule has 0 aromatic heterocycles. The number of piperidine rings is 1. The summed E-state index contributed by atoms with van der Waals surface area (Å²) in [4.78, 5) is 2.43. The number of ether oxygens (including phenoxy) is 1. The quantitative estimate of drug-likeness (QED) is 0.842. The van der Waals surface area contributed by atoms with Crippen molar-refractivity contribution in [2.75, 3.05) is 25.1 Å². The minimum Gasteiger partial charge on any atom is -0.378 e. The average Bonchev–Trinajstić information content (AvgIpc) is 2.63. The molecule has 3 rings (SSSR count). The number of benzene rings is 1. The van der Waals surface area contributed by atoms with Gasteiger partial charge in [0.1, 0.15) is 0 Å². The maximum atomic E-state index is 8.90. The van der Waals surface area contributed by atoms with Crippen molar-refractivity contribution in [1.82, 2.24) is 0 Å². The summed E-state index contributed by atoms with van der Waals surface area (Å²) in [5.41, 5.74) is 2.06. The smallest absolute Gasteiger partial charge is 0.0991 e. The predicted molar refractivity (Wildman–Crippen MR) is 88.9 cm³/mol. The molecule has 0 bridgehead atoms. The molecular weight excluding hydrogens is 272 g/mol. The summed E-state index contributed by atoms with van der Waals surface area (Å²) < 4.78 is 6.07. The van der Waals surface area contributed by atoms with Crippen molar-refractivity contribution in [2.24, 2.45) is 5.92 Å².